The highest BCUT2D eigenvalue weighted by molar-refractivity contribution is 6.01. The standard InChI is InChI=1S/C20H26O4/c1-18-7-5-12(22)9-16(18)20(24,11-21)10-13-14-3-4-17(23)19(14,2)8-6-15(13)18/h5,7,9,13-15,21,24H,3-4,6,8,10-11H2,1-2H3/t13-,14-,15-,18+,19-,20+/m0/s1. The molecular weight excluding hydrogens is 304 g/mol. The van der Waals surface area contributed by atoms with Gasteiger partial charge in [-0.05, 0) is 61.2 Å². The molecule has 130 valence electrons. The molecule has 4 nitrogen and oxygen atoms in total. The second-order valence-corrected chi connectivity index (χ2v) is 8.77. The fourth-order valence-corrected chi connectivity index (χ4v) is 6.39. The zero-order chi connectivity index (χ0) is 17.3. The van der Waals surface area contributed by atoms with Gasteiger partial charge in [0.1, 0.15) is 11.4 Å². The quantitative estimate of drug-likeness (QED) is 0.773. The molecule has 0 aromatic carbocycles. The van der Waals surface area contributed by atoms with E-state index >= 15 is 0 Å². The molecule has 0 amide bonds. The smallest absolute Gasteiger partial charge is 0.178 e. The van der Waals surface area contributed by atoms with Gasteiger partial charge >= 0.3 is 0 Å². The summed E-state index contributed by atoms with van der Waals surface area (Å²) in [6.45, 7) is 3.80. The van der Waals surface area contributed by atoms with Gasteiger partial charge in [-0.25, -0.2) is 0 Å². The van der Waals surface area contributed by atoms with Crippen molar-refractivity contribution in [1.29, 1.82) is 0 Å². The van der Waals surface area contributed by atoms with Gasteiger partial charge in [0.05, 0.1) is 6.61 Å². The van der Waals surface area contributed by atoms with Crippen molar-refractivity contribution < 1.29 is 19.8 Å². The van der Waals surface area contributed by atoms with Crippen LogP contribution < -0.4 is 0 Å². The molecular formula is C20H26O4. The van der Waals surface area contributed by atoms with E-state index < -0.39 is 11.0 Å². The number of carbonyl (C=O) groups is 2. The average molecular weight is 330 g/mol. The van der Waals surface area contributed by atoms with Crippen molar-refractivity contribution in [3.05, 3.63) is 23.8 Å². The number of carbonyl (C=O) groups excluding carboxylic acids is 2. The predicted octanol–water partition coefficient (Wildman–Crippen LogP) is 2.20. The monoisotopic (exact) mass is 330 g/mol. The Bertz CT molecular complexity index is 677. The fourth-order valence-electron chi connectivity index (χ4n) is 6.39. The number of hydrogen-bond donors (Lipinski definition) is 2. The topological polar surface area (TPSA) is 74.6 Å². The van der Waals surface area contributed by atoms with Gasteiger partial charge in [0, 0.05) is 17.3 Å². The maximum absolute atomic E-state index is 12.5. The molecule has 4 aliphatic rings. The number of Topliss-reactive ketones (excluding diaryl/α,β-unsaturated/α-hetero) is 1. The van der Waals surface area contributed by atoms with E-state index in [-0.39, 0.29) is 29.6 Å². The summed E-state index contributed by atoms with van der Waals surface area (Å²) in [5.41, 5.74) is -1.38. The van der Waals surface area contributed by atoms with Crippen LogP contribution in [0.4, 0.5) is 0 Å². The van der Waals surface area contributed by atoms with Gasteiger partial charge in [-0.1, -0.05) is 19.9 Å². The number of allylic oxidation sites excluding steroid dienone is 3. The van der Waals surface area contributed by atoms with Crippen LogP contribution in [0.25, 0.3) is 0 Å². The number of aliphatic hydroxyl groups is 2. The summed E-state index contributed by atoms with van der Waals surface area (Å²) < 4.78 is 0. The van der Waals surface area contributed by atoms with Crippen LogP contribution in [0.5, 0.6) is 0 Å². The van der Waals surface area contributed by atoms with Crippen molar-refractivity contribution >= 4 is 11.6 Å². The highest BCUT2D eigenvalue weighted by Crippen LogP contribution is 2.65. The Kier molecular flexibility index (Phi) is 3.30. The molecule has 0 aromatic rings. The van der Waals surface area contributed by atoms with Gasteiger partial charge in [-0.3, -0.25) is 9.59 Å². The van der Waals surface area contributed by atoms with Crippen molar-refractivity contribution in [2.24, 2.45) is 28.6 Å². The maximum atomic E-state index is 12.5. The summed E-state index contributed by atoms with van der Waals surface area (Å²) in [5.74, 6) is 1.02. The summed E-state index contributed by atoms with van der Waals surface area (Å²) in [6.07, 6.45) is 8.84. The number of fused-ring (bicyclic) bond motifs is 5. The molecule has 0 bridgehead atoms. The van der Waals surface area contributed by atoms with Crippen LogP contribution in [0, 0.1) is 28.6 Å². The Morgan fingerprint density at radius 3 is 2.67 bits per heavy atom. The Balaban J connectivity index is 1.82. The molecule has 4 aliphatic carbocycles. The van der Waals surface area contributed by atoms with E-state index in [2.05, 4.69) is 13.8 Å². The molecule has 0 radical (unpaired) electrons. The number of ketones is 2. The summed E-state index contributed by atoms with van der Waals surface area (Å²) in [6, 6.07) is 0. The molecule has 0 unspecified atom stereocenters. The highest BCUT2D eigenvalue weighted by Gasteiger charge is 2.62. The van der Waals surface area contributed by atoms with Crippen LogP contribution >= 0.6 is 0 Å². The Morgan fingerprint density at radius 1 is 1.21 bits per heavy atom. The molecule has 0 saturated heterocycles. The highest BCUT2D eigenvalue weighted by atomic mass is 16.3. The first-order valence-corrected chi connectivity index (χ1v) is 9.07. The zero-order valence-electron chi connectivity index (χ0n) is 14.4. The van der Waals surface area contributed by atoms with E-state index in [9.17, 15) is 19.8 Å². The zero-order valence-corrected chi connectivity index (χ0v) is 14.4. The molecule has 3 saturated carbocycles. The van der Waals surface area contributed by atoms with Gasteiger partial charge in [-0.2, -0.15) is 0 Å². The molecule has 0 aliphatic heterocycles. The fraction of sp³-hybridized carbons (Fsp3) is 0.700. The Labute approximate surface area is 142 Å². The number of aliphatic hydroxyl groups excluding tert-OH is 1. The first-order chi connectivity index (χ1) is 11.2. The lowest BCUT2D eigenvalue weighted by molar-refractivity contribution is -0.138. The lowest BCUT2D eigenvalue weighted by Gasteiger charge is -2.59. The van der Waals surface area contributed by atoms with E-state index in [0.717, 1.165) is 19.3 Å². The van der Waals surface area contributed by atoms with Crippen LogP contribution in [0.1, 0.15) is 46.0 Å². The largest absolute Gasteiger partial charge is 0.393 e. The normalized spacial score (nSPS) is 50.2. The van der Waals surface area contributed by atoms with E-state index in [0.29, 0.717) is 30.1 Å². The average Bonchev–Trinajstić information content (AvgIpc) is 2.85. The van der Waals surface area contributed by atoms with Gasteiger partial charge in [0.25, 0.3) is 0 Å². The summed E-state index contributed by atoms with van der Waals surface area (Å²) in [5, 5.41) is 21.1. The molecule has 4 heteroatoms. The van der Waals surface area contributed by atoms with Crippen LogP contribution in [0.3, 0.4) is 0 Å². The van der Waals surface area contributed by atoms with Gasteiger partial charge in [0.2, 0.25) is 0 Å². The van der Waals surface area contributed by atoms with Crippen molar-refractivity contribution in [3.63, 3.8) is 0 Å². The van der Waals surface area contributed by atoms with Crippen LogP contribution in [0.2, 0.25) is 0 Å². The minimum absolute atomic E-state index is 0.121. The van der Waals surface area contributed by atoms with E-state index in [1.54, 1.807) is 6.08 Å². The third kappa shape index (κ3) is 1.87. The minimum atomic E-state index is -1.36. The molecule has 24 heavy (non-hydrogen) atoms. The molecule has 3 fully saturated rings. The third-order valence-electron chi connectivity index (χ3n) is 7.71. The molecule has 4 rings (SSSR count). The maximum Gasteiger partial charge on any atom is 0.178 e. The Morgan fingerprint density at radius 2 is 1.96 bits per heavy atom. The lowest BCUT2D eigenvalue weighted by atomic mass is 9.46. The van der Waals surface area contributed by atoms with E-state index in [4.69, 9.17) is 0 Å². The molecule has 6 atom stereocenters. The van der Waals surface area contributed by atoms with Gasteiger partial charge in [-0.15, -0.1) is 0 Å². The summed E-state index contributed by atoms with van der Waals surface area (Å²) in [7, 11) is 0. The molecule has 0 spiro atoms. The van der Waals surface area contributed by atoms with Crippen molar-refractivity contribution in [2.75, 3.05) is 6.61 Å². The van der Waals surface area contributed by atoms with Crippen LogP contribution in [-0.2, 0) is 9.59 Å². The second-order valence-electron chi connectivity index (χ2n) is 8.77. The molecule has 2 N–H and O–H groups in total. The van der Waals surface area contributed by atoms with Crippen LogP contribution in [-0.4, -0.2) is 34.0 Å². The first kappa shape index (κ1) is 16.2. The molecule has 0 aromatic heterocycles. The second kappa shape index (κ2) is 4.89. The third-order valence-corrected chi connectivity index (χ3v) is 7.71. The predicted molar refractivity (Wildman–Crippen MR) is 89.0 cm³/mol. The van der Waals surface area contributed by atoms with E-state index in [1.165, 1.54) is 6.08 Å². The lowest BCUT2D eigenvalue weighted by Crippen LogP contribution is -2.58. The van der Waals surface area contributed by atoms with Crippen LogP contribution in [0.15, 0.2) is 23.8 Å². The SMILES string of the molecule is C[C@]12C=CC(=O)C=C1[C@](O)(CO)C[C@@H]1[C@@H]2CC[C@]2(C)C(=O)CC[C@@H]12. The van der Waals surface area contributed by atoms with Gasteiger partial charge in [0.15, 0.2) is 5.78 Å². The number of rotatable bonds is 1. The van der Waals surface area contributed by atoms with Crippen molar-refractivity contribution in [3.8, 4) is 0 Å². The first-order valence-electron chi connectivity index (χ1n) is 9.07. The summed E-state index contributed by atoms with van der Waals surface area (Å²) in [4.78, 5) is 24.4. The minimum Gasteiger partial charge on any atom is -0.393 e. The van der Waals surface area contributed by atoms with E-state index in [1.807, 2.05) is 6.08 Å². The molecule has 0 heterocycles. The Hall–Kier alpha value is -1.26. The number of hydrogen-bond acceptors (Lipinski definition) is 4. The van der Waals surface area contributed by atoms with Crippen molar-refractivity contribution in [2.45, 2.75) is 51.6 Å². The van der Waals surface area contributed by atoms with Gasteiger partial charge < -0.3 is 10.2 Å². The van der Waals surface area contributed by atoms with Crippen molar-refractivity contribution in [1.82, 2.24) is 0 Å². The summed E-state index contributed by atoms with van der Waals surface area (Å²) >= 11 is 0.